The van der Waals surface area contributed by atoms with Gasteiger partial charge >= 0.3 is 0 Å². The Bertz CT molecular complexity index is 713. The number of rotatable bonds is 4. The Balaban J connectivity index is 2.06. The van der Waals surface area contributed by atoms with Crippen molar-refractivity contribution in [2.75, 3.05) is 6.54 Å². The summed E-state index contributed by atoms with van der Waals surface area (Å²) in [6.07, 6.45) is 0. The Hall–Kier alpha value is -2.12. The smallest absolute Gasteiger partial charge is 0.00334 e. The summed E-state index contributed by atoms with van der Waals surface area (Å²) >= 11 is 0. The number of hydrogen-bond acceptors (Lipinski definition) is 1. The van der Waals surface area contributed by atoms with Crippen molar-refractivity contribution < 1.29 is 0 Å². The Kier molecular flexibility index (Phi) is 4.03. The summed E-state index contributed by atoms with van der Waals surface area (Å²) < 4.78 is 0. The molecule has 0 radical (unpaired) electrons. The van der Waals surface area contributed by atoms with Gasteiger partial charge in [0.05, 0.1) is 0 Å². The van der Waals surface area contributed by atoms with Gasteiger partial charge in [0.1, 0.15) is 0 Å². The van der Waals surface area contributed by atoms with Crippen LogP contribution in [0.1, 0.15) is 29.9 Å². The maximum atomic E-state index is 6.13. The molecule has 0 fully saturated rings. The van der Waals surface area contributed by atoms with Crippen molar-refractivity contribution in [3.05, 3.63) is 83.9 Å². The van der Waals surface area contributed by atoms with Gasteiger partial charge in [-0.3, -0.25) is 0 Å². The highest BCUT2D eigenvalue weighted by Crippen LogP contribution is 2.35. The molecule has 2 N–H and O–H groups in total. The van der Waals surface area contributed by atoms with E-state index < -0.39 is 0 Å². The van der Waals surface area contributed by atoms with Gasteiger partial charge in [0.2, 0.25) is 0 Å². The monoisotopic (exact) mass is 275 g/mol. The van der Waals surface area contributed by atoms with Crippen molar-refractivity contribution in [2.24, 2.45) is 5.73 Å². The molecule has 0 heterocycles. The van der Waals surface area contributed by atoms with Crippen molar-refractivity contribution in [3.63, 3.8) is 0 Å². The average molecular weight is 275 g/mol. The van der Waals surface area contributed by atoms with Crippen LogP contribution >= 0.6 is 0 Å². The van der Waals surface area contributed by atoms with E-state index in [1.165, 1.54) is 21.9 Å². The highest BCUT2D eigenvalue weighted by molar-refractivity contribution is 5.86. The second kappa shape index (κ2) is 6.11. The van der Waals surface area contributed by atoms with Crippen LogP contribution in [0.2, 0.25) is 0 Å². The fourth-order valence-corrected chi connectivity index (χ4v) is 3.16. The molecular formula is C20H21N. The van der Waals surface area contributed by atoms with Gasteiger partial charge in [-0.25, -0.2) is 0 Å². The van der Waals surface area contributed by atoms with E-state index in [4.69, 9.17) is 5.73 Å². The Morgan fingerprint density at radius 1 is 0.810 bits per heavy atom. The molecule has 106 valence electrons. The Labute approximate surface area is 126 Å². The zero-order chi connectivity index (χ0) is 14.7. The van der Waals surface area contributed by atoms with Crippen molar-refractivity contribution in [3.8, 4) is 0 Å². The molecule has 3 aromatic rings. The molecule has 0 amide bonds. The minimum absolute atomic E-state index is 0.332. The van der Waals surface area contributed by atoms with Crippen LogP contribution in [0.5, 0.6) is 0 Å². The predicted molar refractivity (Wildman–Crippen MR) is 90.6 cm³/mol. The van der Waals surface area contributed by atoms with Crippen LogP contribution in [0.3, 0.4) is 0 Å². The standard InChI is InChI=1S/C20H21N/c1-15(16-8-3-2-4-9-16)20(14-21)19-13-7-11-17-10-5-6-12-18(17)19/h2-13,15,20H,14,21H2,1H3. The van der Waals surface area contributed by atoms with E-state index >= 15 is 0 Å². The lowest BCUT2D eigenvalue weighted by atomic mass is 9.81. The van der Waals surface area contributed by atoms with Crippen LogP contribution in [0.25, 0.3) is 10.8 Å². The van der Waals surface area contributed by atoms with E-state index in [-0.39, 0.29) is 0 Å². The first-order valence-corrected chi connectivity index (χ1v) is 7.54. The Morgan fingerprint density at radius 2 is 1.48 bits per heavy atom. The van der Waals surface area contributed by atoms with Crippen LogP contribution < -0.4 is 5.73 Å². The van der Waals surface area contributed by atoms with Crippen molar-refractivity contribution >= 4 is 10.8 Å². The maximum absolute atomic E-state index is 6.13. The molecule has 0 aromatic heterocycles. The maximum Gasteiger partial charge on any atom is 0.00334 e. The van der Waals surface area contributed by atoms with E-state index in [0.29, 0.717) is 18.4 Å². The van der Waals surface area contributed by atoms with E-state index in [9.17, 15) is 0 Å². The van der Waals surface area contributed by atoms with Crippen LogP contribution in [0.15, 0.2) is 72.8 Å². The third-order valence-electron chi connectivity index (χ3n) is 4.41. The molecule has 1 heteroatoms. The molecule has 2 atom stereocenters. The minimum atomic E-state index is 0.332. The van der Waals surface area contributed by atoms with Gasteiger partial charge in [0.15, 0.2) is 0 Å². The molecular weight excluding hydrogens is 254 g/mol. The zero-order valence-corrected chi connectivity index (χ0v) is 12.4. The highest BCUT2D eigenvalue weighted by Gasteiger charge is 2.21. The third-order valence-corrected chi connectivity index (χ3v) is 4.41. The molecule has 0 aliphatic carbocycles. The zero-order valence-electron chi connectivity index (χ0n) is 12.4. The second-order valence-corrected chi connectivity index (χ2v) is 5.61. The first-order valence-electron chi connectivity index (χ1n) is 7.54. The predicted octanol–water partition coefficient (Wildman–Crippen LogP) is 4.69. The van der Waals surface area contributed by atoms with Crippen LogP contribution in [-0.2, 0) is 0 Å². The molecule has 0 bridgehead atoms. The largest absolute Gasteiger partial charge is 0.330 e. The van der Waals surface area contributed by atoms with Gasteiger partial charge in [-0.05, 0) is 34.4 Å². The van der Waals surface area contributed by atoms with Crippen molar-refractivity contribution in [2.45, 2.75) is 18.8 Å². The summed E-state index contributed by atoms with van der Waals surface area (Å²) in [7, 11) is 0. The van der Waals surface area contributed by atoms with Crippen molar-refractivity contribution in [1.82, 2.24) is 0 Å². The van der Waals surface area contributed by atoms with Crippen LogP contribution in [-0.4, -0.2) is 6.54 Å². The highest BCUT2D eigenvalue weighted by atomic mass is 14.6. The molecule has 0 aliphatic rings. The molecule has 3 rings (SSSR count). The first kappa shape index (κ1) is 13.8. The quantitative estimate of drug-likeness (QED) is 0.734. The fourth-order valence-electron chi connectivity index (χ4n) is 3.16. The number of benzene rings is 3. The summed E-state index contributed by atoms with van der Waals surface area (Å²) in [5.41, 5.74) is 8.84. The molecule has 0 spiro atoms. The molecule has 0 saturated heterocycles. The van der Waals surface area contributed by atoms with Gasteiger partial charge in [0.25, 0.3) is 0 Å². The lowest BCUT2D eigenvalue weighted by Crippen LogP contribution is -2.18. The summed E-state index contributed by atoms with van der Waals surface area (Å²) in [6, 6.07) is 25.7. The van der Waals surface area contributed by atoms with Gasteiger partial charge < -0.3 is 5.73 Å². The van der Waals surface area contributed by atoms with E-state index in [1.54, 1.807) is 0 Å². The fraction of sp³-hybridized carbons (Fsp3) is 0.200. The van der Waals surface area contributed by atoms with Gasteiger partial charge in [0, 0.05) is 5.92 Å². The number of fused-ring (bicyclic) bond motifs is 1. The van der Waals surface area contributed by atoms with Crippen molar-refractivity contribution in [1.29, 1.82) is 0 Å². The minimum Gasteiger partial charge on any atom is -0.330 e. The summed E-state index contributed by atoms with van der Waals surface area (Å²) in [4.78, 5) is 0. The first-order chi connectivity index (χ1) is 10.3. The second-order valence-electron chi connectivity index (χ2n) is 5.61. The number of nitrogens with two attached hydrogens (primary N) is 1. The van der Waals surface area contributed by atoms with Gasteiger partial charge in [-0.15, -0.1) is 0 Å². The molecule has 0 aliphatic heterocycles. The molecule has 2 unspecified atom stereocenters. The molecule has 0 saturated carbocycles. The van der Waals surface area contributed by atoms with Gasteiger partial charge in [-0.2, -0.15) is 0 Å². The topological polar surface area (TPSA) is 26.0 Å². The van der Waals surface area contributed by atoms with Gasteiger partial charge in [-0.1, -0.05) is 79.7 Å². The van der Waals surface area contributed by atoms with E-state index in [1.807, 2.05) is 0 Å². The third kappa shape index (κ3) is 2.70. The average Bonchev–Trinajstić information content (AvgIpc) is 2.56. The van der Waals surface area contributed by atoms with E-state index in [2.05, 4.69) is 79.7 Å². The molecule has 3 aromatic carbocycles. The lowest BCUT2D eigenvalue weighted by Gasteiger charge is -2.25. The Morgan fingerprint density at radius 3 is 2.24 bits per heavy atom. The summed E-state index contributed by atoms with van der Waals surface area (Å²) in [6.45, 7) is 2.93. The summed E-state index contributed by atoms with van der Waals surface area (Å²) in [5, 5.41) is 2.60. The molecule has 21 heavy (non-hydrogen) atoms. The van der Waals surface area contributed by atoms with Crippen LogP contribution in [0.4, 0.5) is 0 Å². The normalized spacial score (nSPS) is 14.0. The summed E-state index contributed by atoms with van der Waals surface area (Å²) in [5.74, 6) is 0.737. The van der Waals surface area contributed by atoms with E-state index in [0.717, 1.165) is 0 Å². The SMILES string of the molecule is CC(c1ccccc1)C(CN)c1cccc2ccccc12. The number of hydrogen-bond donors (Lipinski definition) is 1. The van der Waals surface area contributed by atoms with Crippen LogP contribution in [0, 0.1) is 0 Å². The molecule has 1 nitrogen and oxygen atoms in total. The lowest BCUT2D eigenvalue weighted by molar-refractivity contribution is 0.588.